The number of aromatic nitrogens is 4. The molecular formula is C16H20N6O2S2. The topological polar surface area (TPSA) is 84.2 Å². The first kappa shape index (κ1) is 17.5. The summed E-state index contributed by atoms with van der Waals surface area (Å²) in [6.45, 7) is 2.43. The van der Waals surface area contributed by atoms with Crippen LogP contribution in [0.4, 0.5) is 0 Å². The summed E-state index contributed by atoms with van der Waals surface area (Å²) in [5.41, 5.74) is 0. The first-order chi connectivity index (χ1) is 12.6. The quantitative estimate of drug-likeness (QED) is 0.701. The Balaban J connectivity index is 1.23. The number of carbonyl (C=O) groups is 2. The standard InChI is InChI=1S/C16H20N6O2S2/c1-20-16(17-18-19-20)26-10-14(23)21-4-6-22(7-5-21)15(24)12-9-11(12)13-3-2-8-25-13/h2-3,8,11-12H,4-7,9-10H2,1H3/t11-,12-/m0/s1. The fourth-order valence-corrected chi connectivity index (χ4v) is 4.92. The lowest BCUT2D eigenvalue weighted by atomic mass is 10.2. The molecule has 4 rings (SSSR count). The third-order valence-corrected chi connectivity index (χ3v) is 6.87. The molecule has 10 heteroatoms. The van der Waals surface area contributed by atoms with Crippen LogP contribution in [-0.2, 0) is 16.6 Å². The van der Waals surface area contributed by atoms with Gasteiger partial charge in [0, 0.05) is 49.9 Å². The minimum atomic E-state index is 0.0629. The molecule has 0 N–H and O–H groups in total. The summed E-state index contributed by atoms with van der Waals surface area (Å²) in [5, 5.41) is 13.9. The summed E-state index contributed by atoms with van der Waals surface area (Å²) in [4.78, 5) is 30.1. The largest absolute Gasteiger partial charge is 0.339 e. The Bertz CT molecular complexity index is 785. The minimum absolute atomic E-state index is 0.0629. The van der Waals surface area contributed by atoms with Crippen molar-refractivity contribution in [2.75, 3.05) is 31.9 Å². The number of piperazine rings is 1. The molecule has 3 heterocycles. The highest BCUT2D eigenvalue weighted by atomic mass is 32.2. The van der Waals surface area contributed by atoms with Crippen molar-refractivity contribution in [3.05, 3.63) is 22.4 Å². The van der Waals surface area contributed by atoms with Crippen LogP contribution in [0.15, 0.2) is 22.7 Å². The van der Waals surface area contributed by atoms with Crippen LogP contribution in [0.2, 0.25) is 0 Å². The zero-order valence-electron chi connectivity index (χ0n) is 14.4. The van der Waals surface area contributed by atoms with E-state index in [0.717, 1.165) is 6.42 Å². The molecule has 1 aliphatic carbocycles. The zero-order valence-corrected chi connectivity index (χ0v) is 16.1. The van der Waals surface area contributed by atoms with Crippen molar-refractivity contribution in [1.29, 1.82) is 0 Å². The molecule has 2 aromatic rings. The summed E-state index contributed by atoms with van der Waals surface area (Å²) in [7, 11) is 1.75. The number of hydrogen-bond acceptors (Lipinski definition) is 7. The Morgan fingerprint density at radius 3 is 2.69 bits per heavy atom. The number of thioether (sulfide) groups is 1. The Kier molecular flexibility index (Phi) is 4.94. The van der Waals surface area contributed by atoms with Gasteiger partial charge in [-0.25, -0.2) is 4.68 Å². The summed E-state index contributed by atoms with van der Waals surface area (Å²) in [6, 6.07) is 4.16. The third kappa shape index (κ3) is 3.61. The molecule has 138 valence electrons. The lowest BCUT2D eigenvalue weighted by Crippen LogP contribution is -2.51. The van der Waals surface area contributed by atoms with Crippen molar-refractivity contribution in [3.8, 4) is 0 Å². The van der Waals surface area contributed by atoms with E-state index >= 15 is 0 Å². The molecular weight excluding hydrogens is 372 g/mol. The van der Waals surface area contributed by atoms with Gasteiger partial charge in [0.2, 0.25) is 17.0 Å². The van der Waals surface area contributed by atoms with E-state index in [1.54, 1.807) is 23.1 Å². The minimum Gasteiger partial charge on any atom is -0.339 e. The van der Waals surface area contributed by atoms with Crippen LogP contribution in [0.25, 0.3) is 0 Å². The van der Waals surface area contributed by atoms with E-state index in [1.807, 2.05) is 15.9 Å². The van der Waals surface area contributed by atoms with Gasteiger partial charge < -0.3 is 9.80 Å². The Morgan fingerprint density at radius 2 is 2.04 bits per heavy atom. The van der Waals surface area contributed by atoms with Gasteiger partial charge in [-0.3, -0.25) is 9.59 Å². The van der Waals surface area contributed by atoms with Gasteiger partial charge in [0.05, 0.1) is 5.75 Å². The molecule has 26 heavy (non-hydrogen) atoms. The average molecular weight is 393 g/mol. The smallest absolute Gasteiger partial charge is 0.233 e. The van der Waals surface area contributed by atoms with Crippen LogP contribution in [-0.4, -0.2) is 73.8 Å². The van der Waals surface area contributed by atoms with Crippen molar-refractivity contribution in [2.24, 2.45) is 13.0 Å². The molecule has 0 spiro atoms. The van der Waals surface area contributed by atoms with Crippen molar-refractivity contribution in [3.63, 3.8) is 0 Å². The SMILES string of the molecule is Cn1nnnc1SCC(=O)N1CCN(C(=O)[C@H]2C[C@@H]2c2cccs2)CC1. The fraction of sp³-hybridized carbons (Fsp3) is 0.562. The number of carbonyl (C=O) groups excluding carboxylic acids is 2. The van der Waals surface area contributed by atoms with Gasteiger partial charge in [0.1, 0.15) is 0 Å². The lowest BCUT2D eigenvalue weighted by molar-refractivity contribution is -0.139. The van der Waals surface area contributed by atoms with Gasteiger partial charge in [0.25, 0.3) is 0 Å². The second kappa shape index (κ2) is 7.36. The highest BCUT2D eigenvalue weighted by Gasteiger charge is 2.46. The van der Waals surface area contributed by atoms with Crippen LogP contribution in [0.3, 0.4) is 0 Å². The summed E-state index contributed by atoms with van der Waals surface area (Å²) >= 11 is 3.06. The summed E-state index contributed by atoms with van der Waals surface area (Å²) < 4.78 is 1.55. The monoisotopic (exact) mass is 392 g/mol. The molecule has 2 atom stereocenters. The zero-order chi connectivity index (χ0) is 18.1. The number of aryl methyl sites for hydroxylation is 1. The molecule has 2 fully saturated rings. The first-order valence-electron chi connectivity index (χ1n) is 8.58. The third-order valence-electron chi connectivity index (χ3n) is 4.87. The maximum absolute atomic E-state index is 12.7. The maximum Gasteiger partial charge on any atom is 0.233 e. The Labute approximate surface area is 159 Å². The van der Waals surface area contributed by atoms with Crippen LogP contribution in [0.1, 0.15) is 17.2 Å². The highest BCUT2D eigenvalue weighted by molar-refractivity contribution is 7.99. The maximum atomic E-state index is 12.7. The Hall–Kier alpha value is -1.94. The van der Waals surface area contributed by atoms with Crippen LogP contribution in [0, 0.1) is 5.92 Å². The molecule has 0 bridgehead atoms. The number of thiophene rings is 1. The molecule has 2 amide bonds. The lowest BCUT2D eigenvalue weighted by Gasteiger charge is -2.35. The second-order valence-electron chi connectivity index (χ2n) is 6.54. The van der Waals surface area contributed by atoms with Crippen LogP contribution < -0.4 is 0 Å². The van der Waals surface area contributed by atoms with Crippen LogP contribution >= 0.6 is 23.1 Å². The van der Waals surface area contributed by atoms with Crippen molar-refractivity contribution >= 4 is 34.9 Å². The molecule has 2 aliphatic rings. The molecule has 0 aromatic carbocycles. The van der Waals surface area contributed by atoms with Crippen molar-refractivity contribution in [1.82, 2.24) is 30.0 Å². The Morgan fingerprint density at radius 1 is 1.27 bits per heavy atom. The predicted octanol–water partition coefficient (Wildman–Crippen LogP) is 0.838. The van der Waals surface area contributed by atoms with Gasteiger partial charge in [-0.15, -0.1) is 16.4 Å². The van der Waals surface area contributed by atoms with E-state index in [2.05, 4.69) is 27.0 Å². The highest BCUT2D eigenvalue weighted by Crippen LogP contribution is 2.50. The van der Waals surface area contributed by atoms with E-state index in [4.69, 9.17) is 0 Å². The number of hydrogen-bond donors (Lipinski definition) is 0. The molecule has 1 saturated heterocycles. The molecule has 0 radical (unpaired) electrons. The number of tetrazole rings is 1. The second-order valence-corrected chi connectivity index (χ2v) is 8.47. The van der Waals surface area contributed by atoms with Gasteiger partial charge in [0.15, 0.2) is 0 Å². The average Bonchev–Trinajstić information content (AvgIpc) is 3.06. The predicted molar refractivity (Wildman–Crippen MR) is 97.8 cm³/mol. The van der Waals surface area contributed by atoms with E-state index in [9.17, 15) is 9.59 Å². The number of nitrogens with zero attached hydrogens (tertiary/aromatic N) is 6. The summed E-state index contributed by atoms with van der Waals surface area (Å²) in [6.07, 6.45) is 0.959. The van der Waals surface area contributed by atoms with Gasteiger partial charge in [-0.05, 0) is 28.3 Å². The van der Waals surface area contributed by atoms with Crippen molar-refractivity contribution < 1.29 is 9.59 Å². The molecule has 1 saturated carbocycles. The molecule has 8 nitrogen and oxygen atoms in total. The van der Waals surface area contributed by atoms with Gasteiger partial charge >= 0.3 is 0 Å². The van der Waals surface area contributed by atoms with E-state index in [-0.39, 0.29) is 17.7 Å². The number of amides is 2. The molecule has 1 aliphatic heterocycles. The first-order valence-corrected chi connectivity index (χ1v) is 10.4. The van der Waals surface area contributed by atoms with E-state index < -0.39 is 0 Å². The number of rotatable bonds is 5. The fourth-order valence-electron chi connectivity index (χ4n) is 3.26. The van der Waals surface area contributed by atoms with Crippen LogP contribution in [0.5, 0.6) is 0 Å². The van der Waals surface area contributed by atoms with Gasteiger partial charge in [-0.2, -0.15) is 0 Å². The normalized spacial score (nSPS) is 22.5. The molecule has 2 aromatic heterocycles. The molecule has 0 unspecified atom stereocenters. The van der Waals surface area contributed by atoms with E-state index in [1.165, 1.54) is 16.6 Å². The van der Waals surface area contributed by atoms with Gasteiger partial charge in [-0.1, -0.05) is 17.8 Å². The summed E-state index contributed by atoms with van der Waals surface area (Å²) in [5.74, 6) is 1.15. The van der Waals surface area contributed by atoms with E-state index in [0.29, 0.717) is 43.0 Å². The van der Waals surface area contributed by atoms with Crippen molar-refractivity contribution in [2.45, 2.75) is 17.5 Å².